The summed E-state index contributed by atoms with van der Waals surface area (Å²) in [5, 5.41) is 20.5. The number of hydrogen-bond acceptors (Lipinski definition) is 5. The Labute approximate surface area is 76.3 Å². The largest absolute Gasteiger partial charge is 0.341 e. The van der Waals surface area contributed by atoms with Crippen LogP contribution < -0.4 is 0 Å². The minimum atomic E-state index is -0.772. The van der Waals surface area contributed by atoms with Crippen LogP contribution in [0.1, 0.15) is 0 Å². The zero-order valence-corrected chi connectivity index (χ0v) is 6.91. The second-order valence-electron chi connectivity index (χ2n) is 2.09. The molecule has 0 aromatic carbocycles. The monoisotopic (exact) mass is 201 g/mol. The zero-order chi connectivity index (χ0) is 10.0. The number of hydrogen-bond donors (Lipinski definition) is 1. The fourth-order valence-electron chi connectivity index (χ4n) is 0.702. The van der Waals surface area contributed by atoms with Gasteiger partial charge in [-0.1, -0.05) is 12.2 Å². The Morgan fingerprint density at radius 2 is 1.92 bits per heavy atom. The number of H-pyrrole nitrogens is 1. The molecule has 1 rings (SSSR count). The van der Waals surface area contributed by atoms with Gasteiger partial charge in [0.15, 0.2) is 4.64 Å². The Bertz CT molecular complexity index is 426. The lowest BCUT2D eigenvalue weighted by Crippen LogP contribution is -1.94. The highest BCUT2D eigenvalue weighted by Crippen LogP contribution is 2.18. The molecule has 0 saturated carbocycles. The second kappa shape index (κ2) is 3.27. The van der Waals surface area contributed by atoms with Crippen LogP contribution in [-0.4, -0.2) is 14.8 Å². The average Bonchev–Trinajstić information content (AvgIpc) is 2.04. The molecule has 7 nitrogen and oxygen atoms in total. The SMILES string of the molecule is O=[N+]([O-])c1c[nH]c(=S)c([N+](=O)[O-])c1. The molecule has 1 N–H and O–H groups in total. The molecule has 0 aliphatic rings. The second-order valence-corrected chi connectivity index (χ2v) is 2.49. The van der Waals surface area contributed by atoms with Crippen LogP contribution in [0.4, 0.5) is 11.4 Å². The minimum Gasteiger partial charge on any atom is -0.341 e. The van der Waals surface area contributed by atoms with Gasteiger partial charge in [-0.15, -0.1) is 0 Å². The van der Waals surface area contributed by atoms with Gasteiger partial charge in [-0.05, 0) is 0 Å². The summed E-state index contributed by atoms with van der Waals surface area (Å²) in [6, 6.07) is 0.818. The molecule has 0 fully saturated rings. The third-order valence-electron chi connectivity index (χ3n) is 1.28. The summed E-state index contributed by atoms with van der Waals surface area (Å²) < 4.78 is -0.129. The number of aromatic nitrogens is 1. The number of nitro groups is 2. The van der Waals surface area contributed by atoms with E-state index in [-0.39, 0.29) is 10.3 Å². The molecule has 0 radical (unpaired) electrons. The van der Waals surface area contributed by atoms with E-state index in [2.05, 4.69) is 17.2 Å². The van der Waals surface area contributed by atoms with Crippen molar-refractivity contribution >= 4 is 23.6 Å². The van der Waals surface area contributed by atoms with Gasteiger partial charge in [-0.2, -0.15) is 0 Å². The van der Waals surface area contributed by atoms with Crippen LogP contribution >= 0.6 is 12.2 Å². The summed E-state index contributed by atoms with van der Waals surface area (Å²) in [6.07, 6.45) is 1.01. The fraction of sp³-hybridized carbons (Fsp3) is 0. The van der Waals surface area contributed by atoms with Crippen LogP contribution in [0.25, 0.3) is 0 Å². The summed E-state index contributed by atoms with van der Waals surface area (Å²) >= 11 is 4.55. The Morgan fingerprint density at radius 3 is 2.38 bits per heavy atom. The minimum absolute atomic E-state index is 0.129. The number of nitrogens with one attached hydrogen (secondary N) is 1. The van der Waals surface area contributed by atoms with Crippen molar-refractivity contribution in [3.05, 3.63) is 37.1 Å². The van der Waals surface area contributed by atoms with Gasteiger partial charge in [-0.25, -0.2) is 0 Å². The lowest BCUT2D eigenvalue weighted by atomic mass is 10.4. The predicted molar refractivity (Wildman–Crippen MR) is 44.9 cm³/mol. The third kappa shape index (κ3) is 1.85. The van der Waals surface area contributed by atoms with E-state index >= 15 is 0 Å². The van der Waals surface area contributed by atoms with E-state index in [0.29, 0.717) is 0 Å². The van der Waals surface area contributed by atoms with Crippen molar-refractivity contribution < 1.29 is 9.85 Å². The van der Waals surface area contributed by atoms with Crippen molar-refractivity contribution in [3.8, 4) is 0 Å². The molecule has 0 aliphatic carbocycles. The molecular formula is C5H3N3O4S. The molecule has 0 bridgehead atoms. The zero-order valence-electron chi connectivity index (χ0n) is 6.09. The van der Waals surface area contributed by atoms with Crippen LogP contribution in [0, 0.1) is 24.9 Å². The number of pyridine rings is 1. The smallest absolute Gasteiger partial charge is 0.310 e. The van der Waals surface area contributed by atoms with Crippen LogP contribution in [-0.2, 0) is 0 Å². The first-order valence-corrected chi connectivity index (χ1v) is 3.44. The van der Waals surface area contributed by atoms with Crippen molar-refractivity contribution in [1.29, 1.82) is 0 Å². The average molecular weight is 201 g/mol. The van der Waals surface area contributed by atoms with Gasteiger partial charge in [0.05, 0.1) is 22.1 Å². The van der Waals surface area contributed by atoms with Crippen molar-refractivity contribution in [2.45, 2.75) is 0 Å². The first-order valence-electron chi connectivity index (χ1n) is 3.04. The van der Waals surface area contributed by atoms with Gasteiger partial charge >= 0.3 is 5.69 Å². The van der Waals surface area contributed by atoms with E-state index < -0.39 is 15.5 Å². The van der Waals surface area contributed by atoms with Gasteiger partial charge < -0.3 is 4.98 Å². The summed E-state index contributed by atoms with van der Waals surface area (Å²) in [5.74, 6) is 0. The van der Waals surface area contributed by atoms with Gasteiger partial charge in [0.25, 0.3) is 5.69 Å². The molecule has 1 aromatic rings. The highest BCUT2D eigenvalue weighted by atomic mass is 32.1. The molecule has 13 heavy (non-hydrogen) atoms. The van der Waals surface area contributed by atoms with E-state index in [0.717, 1.165) is 12.3 Å². The molecule has 68 valence electrons. The highest BCUT2D eigenvalue weighted by Gasteiger charge is 2.15. The Hall–Kier alpha value is -1.83. The Balaban J connectivity index is 3.35. The van der Waals surface area contributed by atoms with E-state index in [9.17, 15) is 20.2 Å². The van der Waals surface area contributed by atoms with Crippen LogP contribution in [0.3, 0.4) is 0 Å². The number of nitrogens with zero attached hydrogens (tertiary/aromatic N) is 2. The highest BCUT2D eigenvalue weighted by molar-refractivity contribution is 7.71. The lowest BCUT2D eigenvalue weighted by Gasteiger charge is -1.92. The number of rotatable bonds is 2. The third-order valence-corrected chi connectivity index (χ3v) is 1.60. The van der Waals surface area contributed by atoms with Gasteiger partial charge in [0, 0.05) is 0 Å². The standard InChI is InChI=1S/C5H3N3O4S/c9-7(10)3-1-4(8(11)12)5(13)6-2-3/h1-2H,(H,6,13). The van der Waals surface area contributed by atoms with Gasteiger partial charge in [-0.3, -0.25) is 20.2 Å². The van der Waals surface area contributed by atoms with Crippen molar-refractivity contribution in [1.82, 2.24) is 4.98 Å². The van der Waals surface area contributed by atoms with Crippen LogP contribution in [0.2, 0.25) is 0 Å². The normalized spacial score (nSPS) is 9.54. The van der Waals surface area contributed by atoms with Crippen LogP contribution in [0.15, 0.2) is 12.3 Å². The molecule has 0 aliphatic heterocycles. The maximum Gasteiger partial charge on any atom is 0.310 e. The predicted octanol–water partition coefficient (Wildman–Crippen LogP) is 1.56. The molecule has 1 heterocycles. The molecular weight excluding hydrogens is 198 g/mol. The Kier molecular flexibility index (Phi) is 2.33. The maximum absolute atomic E-state index is 10.3. The van der Waals surface area contributed by atoms with E-state index in [4.69, 9.17) is 0 Å². The topological polar surface area (TPSA) is 102 Å². The van der Waals surface area contributed by atoms with Crippen molar-refractivity contribution in [2.75, 3.05) is 0 Å². The first-order chi connectivity index (χ1) is 6.02. The molecule has 1 aromatic heterocycles. The molecule has 8 heteroatoms. The summed E-state index contributed by atoms with van der Waals surface area (Å²) in [7, 11) is 0. The molecule has 0 atom stereocenters. The molecule has 0 saturated heterocycles. The van der Waals surface area contributed by atoms with Crippen molar-refractivity contribution in [2.24, 2.45) is 0 Å². The first kappa shape index (κ1) is 9.26. The van der Waals surface area contributed by atoms with Gasteiger partial charge in [0.1, 0.15) is 0 Å². The van der Waals surface area contributed by atoms with E-state index in [1.54, 1.807) is 0 Å². The molecule has 0 spiro atoms. The van der Waals surface area contributed by atoms with E-state index in [1.165, 1.54) is 0 Å². The van der Waals surface area contributed by atoms with E-state index in [1.807, 2.05) is 0 Å². The van der Waals surface area contributed by atoms with Crippen molar-refractivity contribution in [3.63, 3.8) is 0 Å². The number of aromatic amines is 1. The fourth-order valence-corrected chi connectivity index (χ4v) is 0.894. The molecule has 0 unspecified atom stereocenters. The van der Waals surface area contributed by atoms with Gasteiger partial charge in [0.2, 0.25) is 0 Å². The quantitative estimate of drug-likeness (QED) is 0.444. The van der Waals surface area contributed by atoms with Crippen LogP contribution in [0.5, 0.6) is 0 Å². The molecule has 0 amide bonds. The Morgan fingerprint density at radius 1 is 1.31 bits per heavy atom. The summed E-state index contributed by atoms with van der Waals surface area (Å²) in [6.45, 7) is 0. The maximum atomic E-state index is 10.3. The summed E-state index contributed by atoms with van der Waals surface area (Å²) in [5.41, 5.74) is -0.857. The lowest BCUT2D eigenvalue weighted by molar-refractivity contribution is -0.395. The summed E-state index contributed by atoms with van der Waals surface area (Å²) in [4.78, 5) is 21.3.